The van der Waals surface area contributed by atoms with Gasteiger partial charge in [0.25, 0.3) is 0 Å². The molecule has 0 atom stereocenters. The van der Waals surface area contributed by atoms with Crippen LogP contribution in [0.4, 0.5) is 23.0 Å². The molecule has 0 unspecified atom stereocenters. The van der Waals surface area contributed by atoms with Crippen molar-refractivity contribution in [2.24, 2.45) is 0 Å². The summed E-state index contributed by atoms with van der Waals surface area (Å²) in [4.78, 5) is 16.1. The van der Waals surface area contributed by atoms with E-state index < -0.39 is 0 Å². The van der Waals surface area contributed by atoms with Crippen molar-refractivity contribution in [1.29, 1.82) is 0 Å². The number of nitrogens with zero attached hydrogens (tertiary/aromatic N) is 4. The Morgan fingerprint density at radius 3 is 2.24 bits per heavy atom. The molecule has 1 aromatic carbocycles. The van der Waals surface area contributed by atoms with E-state index in [1.54, 1.807) is 19.1 Å². The Hall–Kier alpha value is -2.67. The molecule has 2 heterocycles. The molecule has 25 heavy (non-hydrogen) atoms. The summed E-state index contributed by atoms with van der Waals surface area (Å²) in [5.41, 5.74) is 2.19. The summed E-state index contributed by atoms with van der Waals surface area (Å²) in [5.74, 6) is 1.03. The van der Waals surface area contributed by atoms with Gasteiger partial charge in [-0.1, -0.05) is 6.92 Å². The number of nitrogens with one attached hydrogen (secondary N) is 2. The van der Waals surface area contributed by atoms with E-state index >= 15 is 0 Å². The molecule has 2 N–H and O–H groups in total. The fraction of sp³-hybridized carbons (Fsp3) is 0.389. The predicted molar refractivity (Wildman–Crippen MR) is 100 cm³/mol. The Balaban J connectivity index is 1.58. The molecular formula is C18H24N6O. The molecule has 1 fully saturated rings. The van der Waals surface area contributed by atoms with Gasteiger partial charge in [0, 0.05) is 44.0 Å². The van der Waals surface area contributed by atoms with Crippen molar-refractivity contribution in [3.63, 3.8) is 0 Å². The Labute approximate surface area is 148 Å². The van der Waals surface area contributed by atoms with Crippen molar-refractivity contribution in [3.8, 4) is 0 Å². The first-order valence-corrected chi connectivity index (χ1v) is 8.58. The van der Waals surface area contributed by atoms with Crippen molar-refractivity contribution in [2.75, 3.05) is 48.8 Å². The molecule has 1 amide bonds. The highest BCUT2D eigenvalue weighted by Crippen LogP contribution is 2.21. The Morgan fingerprint density at radius 1 is 1.00 bits per heavy atom. The summed E-state index contributed by atoms with van der Waals surface area (Å²) in [5, 5.41) is 14.0. The number of benzene rings is 1. The van der Waals surface area contributed by atoms with Crippen molar-refractivity contribution >= 4 is 28.9 Å². The van der Waals surface area contributed by atoms with E-state index in [2.05, 4.69) is 49.8 Å². The number of piperazine rings is 1. The van der Waals surface area contributed by atoms with E-state index in [1.165, 1.54) is 5.69 Å². The predicted octanol–water partition coefficient (Wildman–Crippen LogP) is 2.32. The number of amides is 1. The minimum Gasteiger partial charge on any atom is -0.369 e. The third-order valence-corrected chi connectivity index (χ3v) is 4.26. The van der Waals surface area contributed by atoms with Crippen LogP contribution in [0.2, 0.25) is 0 Å². The number of carbonyl (C=O) groups is 1. The van der Waals surface area contributed by atoms with Crippen LogP contribution in [0.1, 0.15) is 13.3 Å². The minimum atomic E-state index is -0.0745. The Bertz CT molecular complexity index is 693. The monoisotopic (exact) mass is 340 g/mol. The third kappa shape index (κ3) is 4.67. The lowest BCUT2D eigenvalue weighted by Crippen LogP contribution is -2.44. The smallest absolute Gasteiger partial charge is 0.225 e. The standard InChI is InChI=1S/C18H24N6O/c1-3-18(25)20-17-9-8-16(21-22-17)19-14-4-6-15(7-5-14)24-12-10-23(2)11-13-24/h4-9H,3,10-13H2,1-2H3,(H,19,21)(H,20,22,25). The van der Waals surface area contributed by atoms with Crippen LogP contribution in [0.3, 0.4) is 0 Å². The van der Waals surface area contributed by atoms with Gasteiger partial charge in [0.1, 0.15) is 0 Å². The number of rotatable bonds is 5. The van der Waals surface area contributed by atoms with Crippen LogP contribution in [0, 0.1) is 0 Å². The number of likely N-dealkylation sites (N-methyl/N-ethyl adjacent to an activating group) is 1. The highest BCUT2D eigenvalue weighted by atomic mass is 16.1. The first-order chi connectivity index (χ1) is 12.1. The second kappa shape index (κ2) is 7.94. The highest BCUT2D eigenvalue weighted by molar-refractivity contribution is 5.89. The number of hydrogen-bond donors (Lipinski definition) is 2. The molecule has 1 aliphatic heterocycles. The van der Waals surface area contributed by atoms with Crippen molar-refractivity contribution in [3.05, 3.63) is 36.4 Å². The number of aromatic nitrogens is 2. The number of anilines is 4. The van der Waals surface area contributed by atoms with Gasteiger partial charge in [0.15, 0.2) is 11.6 Å². The maximum Gasteiger partial charge on any atom is 0.225 e. The normalized spacial score (nSPS) is 15.0. The average molecular weight is 340 g/mol. The summed E-state index contributed by atoms with van der Waals surface area (Å²) in [6, 6.07) is 11.9. The van der Waals surface area contributed by atoms with E-state index in [9.17, 15) is 4.79 Å². The van der Waals surface area contributed by atoms with Crippen molar-refractivity contribution < 1.29 is 4.79 Å². The van der Waals surface area contributed by atoms with Gasteiger partial charge in [-0.2, -0.15) is 0 Å². The lowest BCUT2D eigenvalue weighted by Gasteiger charge is -2.34. The van der Waals surface area contributed by atoms with Gasteiger partial charge in [-0.25, -0.2) is 0 Å². The molecule has 0 aliphatic carbocycles. The minimum absolute atomic E-state index is 0.0745. The van der Waals surface area contributed by atoms with Gasteiger partial charge in [-0.05, 0) is 43.4 Å². The van der Waals surface area contributed by atoms with E-state index in [0.29, 0.717) is 18.1 Å². The largest absolute Gasteiger partial charge is 0.369 e. The van der Waals surface area contributed by atoms with Crippen LogP contribution >= 0.6 is 0 Å². The molecule has 1 aromatic heterocycles. The van der Waals surface area contributed by atoms with Crippen LogP contribution in [0.5, 0.6) is 0 Å². The Morgan fingerprint density at radius 2 is 1.64 bits per heavy atom. The lowest BCUT2D eigenvalue weighted by molar-refractivity contribution is -0.115. The molecule has 2 aromatic rings. The summed E-state index contributed by atoms with van der Waals surface area (Å²) < 4.78 is 0. The van der Waals surface area contributed by atoms with Crippen molar-refractivity contribution in [1.82, 2.24) is 15.1 Å². The van der Waals surface area contributed by atoms with Crippen LogP contribution < -0.4 is 15.5 Å². The van der Waals surface area contributed by atoms with Crippen LogP contribution in [0.15, 0.2) is 36.4 Å². The van der Waals surface area contributed by atoms with Crippen molar-refractivity contribution in [2.45, 2.75) is 13.3 Å². The second-order valence-corrected chi connectivity index (χ2v) is 6.17. The molecule has 7 nitrogen and oxygen atoms in total. The molecule has 3 rings (SSSR count). The van der Waals surface area contributed by atoms with E-state index in [1.807, 2.05) is 12.1 Å². The maximum atomic E-state index is 11.3. The summed E-state index contributed by atoms with van der Waals surface area (Å²) in [6.45, 7) is 6.09. The summed E-state index contributed by atoms with van der Waals surface area (Å²) in [7, 11) is 2.16. The summed E-state index contributed by atoms with van der Waals surface area (Å²) in [6.07, 6.45) is 0.418. The number of hydrogen-bond acceptors (Lipinski definition) is 6. The lowest BCUT2D eigenvalue weighted by atomic mass is 10.2. The topological polar surface area (TPSA) is 73.4 Å². The van der Waals surface area contributed by atoms with Gasteiger partial charge < -0.3 is 20.4 Å². The van der Waals surface area contributed by atoms with Gasteiger partial charge in [-0.15, -0.1) is 10.2 Å². The average Bonchev–Trinajstić information content (AvgIpc) is 2.64. The van der Waals surface area contributed by atoms with Crippen LogP contribution in [-0.2, 0) is 4.79 Å². The third-order valence-electron chi connectivity index (χ3n) is 4.26. The molecule has 1 saturated heterocycles. The molecule has 7 heteroatoms. The molecule has 132 valence electrons. The zero-order valence-electron chi connectivity index (χ0n) is 14.7. The molecular weight excluding hydrogens is 316 g/mol. The van der Waals surface area contributed by atoms with E-state index in [-0.39, 0.29) is 5.91 Å². The van der Waals surface area contributed by atoms with Gasteiger partial charge in [0.05, 0.1) is 0 Å². The molecule has 1 aliphatic rings. The molecule has 0 saturated carbocycles. The SMILES string of the molecule is CCC(=O)Nc1ccc(Nc2ccc(N3CCN(C)CC3)cc2)nn1. The fourth-order valence-corrected chi connectivity index (χ4v) is 2.66. The van der Waals surface area contributed by atoms with E-state index in [4.69, 9.17) is 0 Å². The van der Waals surface area contributed by atoms with Gasteiger partial charge in [0.2, 0.25) is 5.91 Å². The molecule has 0 radical (unpaired) electrons. The molecule has 0 spiro atoms. The zero-order valence-corrected chi connectivity index (χ0v) is 14.7. The summed E-state index contributed by atoms with van der Waals surface area (Å²) >= 11 is 0. The first-order valence-electron chi connectivity index (χ1n) is 8.58. The van der Waals surface area contributed by atoms with Crippen LogP contribution in [-0.4, -0.2) is 54.2 Å². The zero-order chi connectivity index (χ0) is 17.6. The maximum absolute atomic E-state index is 11.3. The fourth-order valence-electron chi connectivity index (χ4n) is 2.66. The molecule has 0 bridgehead atoms. The number of carbonyl (C=O) groups excluding carboxylic acids is 1. The van der Waals surface area contributed by atoms with E-state index in [0.717, 1.165) is 31.9 Å². The Kier molecular flexibility index (Phi) is 5.45. The first kappa shape index (κ1) is 17.2. The second-order valence-electron chi connectivity index (χ2n) is 6.17. The quantitative estimate of drug-likeness (QED) is 0.870. The van der Waals surface area contributed by atoms with Gasteiger partial charge in [-0.3, -0.25) is 4.79 Å². The van der Waals surface area contributed by atoms with Crippen LogP contribution in [0.25, 0.3) is 0 Å². The van der Waals surface area contributed by atoms with Gasteiger partial charge >= 0.3 is 0 Å². The highest BCUT2D eigenvalue weighted by Gasteiger charge is 2.13.